The van der Waals surface area contributed by atoms with Crippen molar-refractivity contribution in [2.24, 2.45) is 0 Å². The average molecular weight is 605 g/mol. The Bertz CT molecular complexity index is 1570. The first kappa shape index (κ1) is 33.9. The molecule has 45 heavy (non-hydrogen) atoms. The summed E-state index contributed by atoms with van der Waals surface area (Å²) in [6.45, 7) is 12.6. The number of unbranched alkanes of at least 4 members (excludes halogenated alkanes) is 2. The van der Waals surface area contributed by atoms with Crippen LogP contribution in [0.1, 0.15) is 98.2 Å². The summed E-state index contributed by atoms with van der Waals surface area (Å²) in [5.41, 5.74) is 12.1. The monoisotopic (exact) mass is 604 g/mol. The van der Waals surface area contributed by atoms with Crippen molar-refractivity contribution in [3.63, 3.8) is 0 Å². The van der Waals surface area contributed by atoms with Gasteiger partial charge in [-0.1, -0.05) is 78.2 Å². The third-order valence-electron chi connectivity index (χ3n) is 8.69. The molecule has 0 heterocycles. The summed E-state index contributed by atoms with van der Waals surface area (Å²) in [6.07, 6.45) is 4.56. The van der Waals surface area contributed by atoms with Gasteiger partial charge in [0.2, 0.25) is 0 Å². The number of rotatable bonds is 15. The van der Waals surface area contributed by atoms with Gasteiger partial charge in [0, 0.05) is 24.0 Å². The van der Waals surface area contributed by atoms with Gasteiger partial charge in [-0.3, -0.25) is 9.59 Å². The molecule has 0 aromatic heterocycles. The van der Waals surface area contributed by atoms with Crippen LogP contribution in [-0.2, 0) is 6.42 Å². The topological polar surface area (TPSA) is 63.6 Å². The lowest BCUT2D eigenvalue weighted by Gasteiger charge is -2.18. The van der Waals surface area contributed by atoms with Crippen LogP contribution in [0.25, 0.3) is 11.1 Å². The van der Waals surface area contributed by atoms with E-state index in [-0.39, 0.29) is 24.6 Å². The SMILES string of the molecule is Cc1ccc(C(=O)CCCCCc2c(C)cc(-c3cc(C)c(OCC(O)CCC(=O)c4ccc(C)cc4)c(C)c3)cc2C)cc1. The Morgan fingerprint density at radius 1 is 0.622 bits per heavy atom. The number of ether oxygens (including phenoxy) is 1. The van der Waals surface area contributed by atoms with E-state index in [2.05, 4.69) is 38.1 Å². The summed E-state index contributed by atoms with van der Waals surface area (Å²) in [6, 6.07) is 24.2. The largest absolute Gasteiger partial charge is 0.490 e. The van der Waals surface area contributed by atoms with Crippen LogP contribution >= 0.6 is 0 Å². The van der Waals surface area contributed by atoms with Gasteiger partial charge in [-0.15, -0.1) is 0 Å². The zero-order valence-electron chi connectivity index (χ0n) is 27.8. The van der Waals surface area contributed by atoms with Gasteiger partial charge in [-0.25, -0.2) is 0 Å². The number of carbonyl (C=O) groups excluding carboxylic acids is 2. The number of hydrogen-bond donors (Lipinski definition) is 1. The highest BCUT2D eigenvalue weighted by atomic mass is 16.5. The number of hydrogen-bond acceptors (Lipinski definition) is 4. The second-order valence-corrected chi connectivity index (χ2v) is 12.7. The van der Waals surface area contributed by atoms with Crippen molar-refractivity contribution in [3.8, 4) is 16.9 Å². The molecule has 4 aromatic carbocycles. The van der Waals surface area contributed by atoms with Crippen LogP contribution in [0.4, 0.5) is 0 Å². The predicted octanol–water partition coefficient (Wildman–Crippen LogP) is 9.59. The minimum absolute atomic E-state index is 0.0349. The van der Waals surface area contributed by atoms with Crippen LogP contribution in [-0.4, -0.2) is 29.4 Å². The molecule has 1 unspecified atom stereocenters. The van der Waals surface area contributed by atoms with Gasteiger partial charge >= 0.3 is 0 Å². The lowest BCUT2D eigenvalue weighted by Crippen LogP contribution is -2.19. The minimum atomic E-state index is -0.718. The second kappa shape index (κ2) is 15.8. The number of carbonyl (C=O) groups is 2. The first-order valence-corrected chi connectivity index (χ1v) is 16.2. The summed E-state index contributed by atoms with van der Waals surface area (Å²) in [7, 11) is 0. The predicted molar refractivity (Wildman–Crippen MR) is 185 cm³/mol. The Labute approximate surface area is 269 Å². The molecule has 0 fully saturated rings. The van der Waals surface area contributed by atoms with Gasteiger partial charge in [-0.2, -0.15) is 0 Å². The van der Waals surface area contributed by atoms with Crippen LogP contribution in [0, 0.1) is 41.5 Å². The van der Waals surface area contributed by atoms with Crippen LogP contribution in [0.5, 0.6) is 5.75 Å². The van der Waals surface area contributed by atoms with Crippen molar-refractivity contribution in [1.29, 1.82) is 0 Å². The molecule has 236 valence electrons. The van der Waals surface area contributed by atoms with E-state index in [0.717, 1.165) is 59.3 Å². The molecule has 0 saturated heterocycles. The quantitative estimate of drug-likeness (QED) is 0.108. The van der Waals surface area contributed by atoms with E-state index in [1.165, 1.54) is 27.8 Å². The molecule has 0 aliphatic rings. The van der Waals surface area contributed by atoms with Gasteiger partial charge < -0.3 is 9.84 Å². The summed E-state index contributed by atoms with van der Waals surface area (Å²) in [5.74, 6) is 1.05. The summed E-state index contributed by atoms with van der Waals surface area (Å²) in [4.78, 5) is 25.0. The molecule has 0 aliphatic carbocycles. The third-order valence-corrected chi connectivity index (χ3v) is 8.69. The maximum Gasteiger partial charge on any atom is 0.162 e. The molecule has 0 spiro atoms. The van der Waals surface area contributed by atoms with Crippen molar-refractivity contribution in [2.75, 3.05) is 6.61 Å². The normalized spacial score (nSPS) is 11.8. The van der Waals surface area contributed by atoms with E-state index in [9.17, 15) is 14.7 Å². The van der Waals surface area contributed by atoms with Crippen LogP contribution < -0.4 is 4.74 Å². The molecule has 4 nitrogen and oxygen atoms in total. The highest BCUT2D eigenvalue weighted by molar-refractivity contribution is 5.96. The van der Waals surface area contributed by atoms with Crippen LogP contribution in [0.15, 0.2) is 72.8 Å². The van der Waals surface area contributed by atoms with Gasteiger partial charge in [0.25, 0.3) is 0 Å². The Kier molecular flexibility index (Phi) is 11.9. The van der Waals surface area contributed by atoms with Crippen molar-refractivity contribution in [2.45, 2.75) is 92.6 Å². The number of aryl methyl sites for hydroxylation is 6. The van der Waals surface area contributed by atoms with Crippen molar-refractivity contribution in [1.82, 2.24) is 0 Å². The Morgan fingerprint density at radius 3 is 1.60 bits per heavy atom. The highest BCUT2D eigenvalue weighted by Crippen LogP contribution is 2.33. The van der Waals surface area contributed by atoms with Crippen LogP contribution in [0.2, 0.25) is 0 Å². The maximum absolute atomic E-state index is 12.5. The van der Waals surface area contributed by atoms with Crippen molar-refractivity contribution >= 4 is 11.6 Å². The molecule has 4 heteroatoms. The van der Waals surface area contributed by atoms with Gasteiger partial charge in [0.05, 0.1) is 6.10 Å². The Hall–Kier alpha value is -4.02. The molecule has 4 aromatic rings. The minimum Gasteiger partial charge on any atom is -0.490 e. The fourth-order valence-corrected chi connectivity index (χ4v) is 5.99. The Morgan fingerprint density at radius 2 is 1.09 bits per heavy atom. The lowest BCUT2D eigenvalue weighted by molar-refractivity contribution is 0.0835. The molecule has 0 bridgehead atoms. The van der Waals surface area contributed by atoms with Crippen LogP contribution in [0.3, 0.4) is 0 Å². The fraction of sp³-hybridized carbons (Fsp3) is 0.366. The zero-order valence-corrected chi connectivity index (χ0v) is 27.8. The maximum atomic E-state index is 12.5. The molecule has 0 aliphatic heterocycles. The summed E-state index contributed by atoms with van der Waals surface area (Å²) in [5, 5.41) is 10.5. The van der Waals surface area contributed by atoms with Crippen molar-refractivity contribution in [3.05, 3.63) is 123 Å². The molecule has 1 N–H and O–H groups in total. The fourth-order valence-electron chi connectivity index (χ4n) is 5.99. The number of aliphatic hydroxyl groups is 1. The molecule has 0 radical (unpaired) electrons. The van der Waals surface area contributed by atoms with Gasteiger partial charge in [0.1, 0.15) is 12.4 Å². The number of benzene rings is 4. The molecule has 4 rings (SSSR count). The van der Waals surface area contributed by atoms with E-state index in [1.807, 2.05) is 76.2 Å². The molecule has 0 amide bonds. The smallest absolute Gasteiger partial charge is 0.162 e. The lowest BCUT2D eigenvalue weighted by atomic mass is 9.91. The third kappa shape index (κ3) is 9.48. The first-order chi connectivity index (χ1) is 21.5. The Balaban J connectivity index is 1.29. The zero-order chi connectivity index (χ0) is 32.5. The summed E-state index contributed by atoms with van der Waals surface area (Å²) >= 11 is 0. The number of ketones is 2. The molecule has 0 saturated carbocycles. The molecular formula is C41H48O4. The van der Waals surface area contributed by atoms with Gasteiger partial charge in [0.15, 0.2) is 11.6 Å². The van der Waals surface area contributed by atoms with E-state index >= 15 is 0 Å². The van der Waals surface area contributed by atoms with Gasteiger partial charge in [-0.05, 0) is 118 Å². The molecular weight excluding hydrogens is 556 g/mol. The average Bonchev–Trinajstić information content (AvgIpc) is 3.00. The van der Waals surface area contributed by atoms with Crippen molar-refractivity contribution < 1.29 is 19.4 Å². The van der Waals surface area contributed by atoms with E-state index in [1.54, 1.807) is 0 Å². The highest BCUT2D eigenvalue weighted by Gasteiger charge is 2.15. The number of Topliss-reactive ketones (excluding diaryl/α,β-unsaturated/α-hetero) is 2. The standard InChI is InChI=1S/C41H48O4/c1-27-12-16-33(17-13-27)39(43)11-9-7-8-10-38-29(3)22-35(23-30(38)4)36-24-31(5)41(32(6)25-36)45-26-37(42)20-21-40(44)34-18-14-28(2)15-19-34/h12-19,22-25,37,42H,7-11,20-21,26H2,1-6H3. The number of aliphatic hydroxyl groups excluding tert-OH is 1. The van der Waals surface area contributed by atoms with E-state index in [4.69, 9.17) is 4.74 Å². The van der Waals surface area contributed by atoms with E-state index in [0.29, 0.717) is 18.4 Å². The van der Waals surface area contributed by atoms with E-state index < -0.39 is 6.10 Å². The second-order valence-electron chi connectivity index (χ2n) is 12.7. The molecule has 1 atom stereocenters. The summed E-state index contributed by atoms with van der Waals surface area (Å²) < 4.78 is 6.07. The first-order valence-electron chi connectivity index (χ1n) is 16.2.